The van der Waals surface area contributed by atoms with Crippen LogP contribution in [0.15, 0.2) is 249 Å². The molecule has 0 atom stereocenters. The lowest BCUT2D eigenvalue weighted by Gasteiger charge is -2.33. The number of benzene rings is 12. The molecule has 0 radical (unpaired) electrons. The van der Waals surface area contributed by atoms with Gasteiger partial charge in [-0.3, -0.25) is 0 Å². The zero-order chi connectivity index (χ0) is 45.3. The summed E-state index contributed by atoms with van der Waals surface area (Å²) in [6.07, 6.45) is 0. The van der Waals surface area contributed by atoms with E-state index in [9.17, 15) is 0 Å². The van der Waals surface area contributed by atoms with Gasteiger partial charge in [0.1, 0.15) is 0 Å². The summed E-state index contributed by atoms with van der Waals surface area (Å²) in [5.74, 6) is 0. The van der Waals surface area contributed by atoms with E-state index >= 15 is 0 Å². The van der Waals surface area contributed by atoms with Crippen molar-refractivity contribution in [1.82, 2.24) is 0 Å². The maximum atomic E-state index is 2.47. The minimum absolute atomic E-state index is 0.431. The van der Waals surface area contributed by atoms with Crippen molar-refractivity contribution >= 4 is 60.2 Å². The van der Waals surface area contributed by atoms with Crippen molar-refractivity contribution in [2.45, 2.75) is 19.3 Å². The Labute approximate surface area is 397 Å². The van der Waals surface area contributed by atoms with Gasteiger partial charge in [0, 0.05) is 17.1 Å². The van der Waals surface area contributed by atoms with Gasteiger partial charge in [-0.15, -0.1) is 0 Å². The first kappa shape index (κ1) is 39.8. The molecule has 0 fully saturated rings. The van der Waals surface area contributed by atoms with Crippen molar-refractivity contribution in [1.29, 1.82) is 0 Å². The molecule has 0 aliphatic heterocycles. The van der Waals surface area contributed by atoms with E-state index in [0.717, 1.165) is 17.1 Å². The lowest BCUT2D eigenvalue weighted by Crippen LogP contribution is -2.28. The fraction of sp³-hybridized carbons (Fsp3) is 0.0448. The first-order chi connectivity index (χ1) is 33.5. The van der Waals surface area contributed by atoms with Gasteiger partial charge in [0.25, 0.3) is 0 Å². The molecule has 1 heteroatoms. The van der Waals surface area contributed by atoms with Crippen molar-refractivity contribution < 1.29 is 0 Å². The van der Waals surface area contributed by atoms with E-state index in [0.29, 0.717) is 0 Å². The van der Waals surface area contributed by atoms with Crippen LogP contribution in [0, 0.1) is 13.8 Å². The molecule has 0 spiro atoms. The van der Waals surface area contributed by atoms with Gasteiger partial charge in [-0.25, -0.2) is 0 Å². The molecular formula is C67H47N. The molecule has 0 heterocycles. The molecule has 1 nitrogen and oxygen atoms in total. The highest BCUT2D eigenvalue weighted by molar-refractivity contribution is 6.24. The van der Waals surface area contributed by atoms with Crippen LogP contribution in [0.3, 0.4) is 0 Å². The van der Waals surface area contributed by atoms with Crippen LogP contribution in [0.2, 0.25) is 0 Å². The van der Waals surface area contributed by atoms with Crippen LogP contribution < -0.4 is 4.90 Å². The SMILES string of the molecule is Cc1cccc(N(c2cccc(C)c2)c2ccc3cc(-c4cc5c6ccccc6c(-c6ccc7c(c6)-c6ccccc6C7(c6ccccc6)c6ccccc6)cc5c5ccccc45)ccc3c2)c1. The third-order valence-electron chi connectivity index (χ3n) is 14.6. The van der Waals surface area contributed by atoms with Crippen molar-refractivity contribution in [2.75, 3.05) is 4.90 Å². The molecule has 0 amide bonds. The third-order valence-corrected chi connectivity index (χ3v) is 14.6. The number of nitrogens with zero attached hydrogens (tertiary/aromatic N) is 1. The molecule has 12 aromatic carbocycles. The van der Waals surface area contributed by atoms with E-state index in [1.807, 2.05) is 0 Å². The third kappa shape index (κ3) is 6.24. The normalized spacial score (nSPS) is 12.7. The highest BCUT2D eigenvalue weighted by Crippen LogP contribution is 2.57. The van der Waals surface area contributed by atoms with Crippen molar-refractivity contribution in [2.24, 2.45) is 0 Å². The molecule has 0 N–H and O–H groups in total. The Balaban J connectivity index is 0.963. The molecule has 13 rings (SSSR count). The molecule has 1 aliphatic carbocycles. The number of hydrogen-bond acceptors (Lipinski definition) is 1. The van der Waals surface area contributed by atoms with E-state index in [2.05, 4.69) is 267 Å². The van der Waals surface area contributed by atoms with Crippen LogP contribution in [0.5, 0.6) is 0 Å². The zero-order valence-electron chi connectivity index (χ0n) is 38.1. The summed E-state index contributed by atoms with van der Waals surface area (Å²) < 4.78 is 0. The fourth-order valence-corrected chi connectivity index (χ4v) is 11.6. The molecule has 68 heavy (non-hydrogen) atoms. The minimum Gasteiger partial charge on any atom is -0.310 e. The molecule has 0 unspecified atom stereocenters. The number of anilines is 3. The lowest BCUT2D eigenvalue weighted by molar-refractivity contribution is 0.768. The van der Waals surface area contributed by atoms with Gasteiger partial charge in [0.15, 0.2) is 0 Å². The summed E-state index contributed by atoms with van der Waals surface area (Å²) in [6, 6.07) is 92.7. The first-order valence-electron chi connectivity index (χ1n) is 23.7. The zero-order valence-corrected chi connectivity index (χ0v) is 38.1. The van der Waals surface area contributed by atoms with Crippen LogP contribution in [-0.2, 0) is 5.41 Å². The maximum Gasteiger partial charge on any atom is 0.0713 e. The van der Waals surface area contributed by atoms with Crippen molar-refractivity contribution in [3.8, 4) is 33.4 Å². The Kier molecular flexibility index (Phi) is 9.27. The Hall–Kier alpha value is -8.52. The second-order valence-electron chi connectivity index (χ2n) is 18.6. The average Bonchev–Trinajstić information content (AvgIpc) is 3.69. The summed E-state index contributed by atoms with van der Waals surface area (Å²) in [4.78, 5) is 2.37. The summed E-state index contributed by atoms with van der Waals surface area (Å²) >= 11 is 0. The molecule has 0 saturated carbocycles. The van der Waals surface area contributed by atoms with Crippen LogP contribution in [-0.4, -0.2) is 0 Å². The summed E-state index contributed by atoms with van der Waals surface area (Å²) in [7, 11) is 0. The fourth-order valence-electron chi connectivity index (χ4n) is 11.6. The van der Waals surface area contributed by atoms with E-state index in [4.69, 9.17) is 0 Å². The molecule has 320 valence electrons. The molecule has 0 saturated heterocycles. The Morgan fingerprint density at radius 1 is 0.279 bits per heavy atom. The molecule has 1 aliphatic rings. The molecule has 12 aromatic rings. The highest BCUT2D eigenvalue weighted by atomic mass is 15.1. The lowest BCUT2D eigenvalue weighted by atomic mass is 9.67. The summed E-state index contributed by atoms with van der Waals surface area (Å²) in [6.45, 7) is 4.32. The topological polar surface area (TPSA) is 3.24 Å². The van der Waals surface area contributed by atoms with Crippen LogP contribution >= 0.6 is 0 Å². The quantitative estimate of drug-likeness (QED) is 0.144. The largest absolute Gasteiger partial charge is 0.310 e. The van der Waals surface area contributed by atoms with Crippen LogP contribution in [0.25, 0.3) is 76.5 Å². The van der Waals surface area contributed by atoms with Gasteiger partial charge >= 0.3 is 0 Å². The minimum atomic E-state index is -0.431. The van der Waals surface area contributed by atoms with E-state index in [1.54, 1.807) is 0 Å². The van der Waals surface area contributed by atoms with Crippen LogP contribution in [0.1, 0.15) is 33.4 Å². The predicted octanol–water partition coefficient (Wildman–Crippen LogP) is 18.1. The number of rotatable bonds is 7. The van der Waals surface area contributed by atoms with Gasteiger partial charge in [-0.05, 0) is 184 Å². The van der Waals surface area contributed by atoms with E-state index < -0.39 is 5.41 Å². The highest BCUT2D eigenvalue weighted by Gasteiger charge is 2.46. The van der Waals surface area contributed by atoms with Gasteiger partial charge in [-0.2, -0.15) is 0 Å². The number of fused-ring (bicyclic) bond motifs is 9. The van der Waals surface area contributed by atoms with Gasteiger partial charge in [-0.1, -0.05) is 188 Å². The van der Waals surface area contributed by atoms with Crippen molar-refractivity contribution in [3.63, 3.8) is 0 Å². The Morgan fingerprint density at radius 3 is 1.35 bits per heavy atom. The Morgan fingerprint density at radius 2 is 0.750 bits per heavy atom. The number of aryl methyl sites for hydroxylation is 2. The van der Waals surface area contributed by atoms with Gasteiger partial charge in [0.2, 0.25) is 0 Å². The summed E-state index contributed by atoms with van der Waals surface area (Å²) in [5, 5.41) is 9.97. The molecular weight excluding hydrogens is 819 g/mol. The first-order valence-corrected chi connectivity index (χ1v) is 23.7. The monoisotopic (exact) mass is 865 g/mol. The van der Waals surface area contributed by atoms with Gasteiger partial charge < -0.3 is 4.90 Å². The van der Waals surface area contributed by atoms with E-state index in [-0.39, 0.29) is 0 Å². The molecule has 0 aromatic heterocycles. The molecule has 0 bridgehead atoms. The standard InChI is InChI=1S/C67H47N/c1-44-17-15-23-52(37-44)68(53-24-16-18-45(2)38-53)54-35-33-46-39-48(32-31-47(46)40-54)60-42-62-58-28-12-10-26-56(58)61(43-63(62)57-27-11-9-25-55(57)60)49-34-36-66-64(41-49)59-29-13-14-30-65(59)67(66,50-19-5-3-6-20-50)51-21-7-4-8-22-51/h3-43H,1-2H3. The Bertz CT molecular complexity index is 3850. The van der Waals surface area contributed by atoms with E-state index in [1.165, 1.54) is 110 Å². The van der Waals surface area contributed by atoms with Gasteiger partial charge in [0.05, 0.1) is 5.41 Å². The maximum absolute atomic E-state index is 2.47. The average molecular weight is 866 g/mol. The summed E-state index contributed by atoms with van der Waals surface area (Å²) in [5.41, 5.74) is 18.2. The van der Waals surface area contributed by atoms with Crippen molar-refractivity contribution in [3.05, 3.63) is 282 Å². The second kappa shape index (κ2) is 15.8. The predicted molar refractivity (Wildman–Crippen MR) is 289 cm³/mol. The number of hydrogen-bond donors (Lipinski definition) is 0. The second-order valence-corrected chi connectivity index (χ2v) is 18.6. The van der Waals surface area contributed by atoms with Crippen LogP contribution in [0.4, 0.5) is 17.1 Å². The smallest absolute Gasteiger partial charge is 0.0713 e.